The van der Waals surface area contributed by atoms with E-state index in [9.17, 15) is 0 Å². The van der Waals surface area contributed by atoms with Crippen molar-refractivity contribution in [2.75, 3.05) is 22.9 Å². The molecule has 1 saturated heterocycles. The van der Waals surface area contributed by atoms with Crippen molar-refractivity contribution in [2.24, 2.45) is 0 Å². The molecule has 0 aliphatic carbocycles. The molecule has 1 fully saturated rings. The van der Waals surface area contributed by atoms with Gasteiger partial charge in [-0.25, -0.2) is 0 Å². The summed E-state index contributed by atoms with van der Waals surface area (Å²) in [7, 11) is 0. The van der Waals surface area contributed by atoms with Crippen molar-refractivity contribution in [3.63, 3.8) is 0 Å². The first-order valence-corrected chi connectivity index (χ1v) is 9.89. The van der Waals surface area contributed by atoms with Gasteiger partial charge in [-0.05, 0) is 61.9 Å². The fourth-order valence-corrected chi connectivity index (χ4v) is 4.27. The first-order valence-electron chi connectivity index (χ1n) is 9.14. The van der Waals surface area contributed by atoms with Crippen molar-refractivity contribution >= 4 is 34.6 Å². The highest BCUT2D eigenvalue weighted by Gasteiger charge is 2.34. The highest BCUT2D eigenvalue weighted by Crippen LogP contribution is 2.39. The molecule has 0 radical (unpaired) electrons. The third-order valence-corrected chi connectivity index (χ3v) is 5.52. The maximum atomic E-state index is 6.34. The highest BCUT2D eigenvalue weighted by molar-refractivity contribution is 6.34. The van der Waals surface area contributed by atoms with Gasteiger partial charge in [-0.1, -0.05) is 58.6 Å². The first kappa shape index (κ1) is 18.2. The predicted molar refractivity (Wildman–Crippen MR) is 116 cm³/mol. The van der Waals surface area contributed by atoms with Crippen LogP contribution in [-0.4, -0.2) is 13.1 Å². The molecule has 0 amide bonds. The van der Waals surface area contributed by atoms with Crippen LogP contribution in [0.2, 0.25) is 10.0 Å². The third kappa shape index (κ3) is 3.78. The number of halogens is 2. The molecule has 0 unspecified atom stereocenters. The molecule has 0 bridgehead atoms. The van der Waals surface area contributed by atoms with Crippen LogP contribution in [0.5, 0.6) is 0 Å². The van der Waals surface area contributed by atoms with Crippen molar-refractivity contribution in [3.05, 3.63) is 93.5 Å². The Labute approximate surface area is 170 Å². The lowest BCUT2D eigenvalue weighted by Crippen LogP contribution is -2.31. The molecule has 0 spiro atoms. The average molecular weight is 397 g/mol. The summed E-state index contributed by atoms with van der Waals surface area (Å²) in [6, 6.07) is 23.2. The minimum atomic E-state index is 0.0478. The topological polar surface area (TPSA) is 6.48 Å². The molecule has 0 atom stereocenters. The number of anilines is 2. The Morgan fingerprint density at radius 3 is 1.48 bits per heavy atom. The summed E-state index contributed by atoms with van der Waals surface area (Å²) < 4.78 is 0. The Morgan fingerprint density at radius 2 is 1.07 bits per heavy atom. The molecule has 1 aliphatic heterocycles. The van der Waals surface area contributed by atoms with Gasteiger partial charge in [0.05, 0.1) is 0 Å². The van der Waals surface area contributed by atoms with Crippen LogP contribution in [-0.2, 0) is 0 Å². The Morgan fingerprint density at radius 1 is 0.667 bits per heavy atom. The molecule has 0 aromatic heterocycles. The number of benzene rings is 3. The van der Waals surface area contributed by atoms with Crippen LogP contribution in [0.15, 0.2) is 66.7 Å². The molecule has 0 N–H and O–H groups in total. The van der Waals surface area contributed by atoms with Gasteiger partial charge in [0, 0.05) is 34.5 Å². The van der Waals surface area contributed by atoms with E-state index in [0.29, 0.717) is 10.0 Å². The summed E-state index contributed by atoms with van der Waals surface area (Å²) in [5.74, 6) is 0. The zero-order valence-electron chi connectivity index (χ0n) is 15.5. The molecule has 1 heterocycles. The number of hydrogen-bond donors (Lipinski definition) is 0. The maximum Gasteiger partial charge on any atom is 0.128 e. The van der Waals surface area contributed by atoms with Crippen LogP contribution in [0.3, 0.4) is 0 Å². The van der Waals surface area contributed by atoms with E-state index < -0.39 is 0 Å². The van der Waals surface area contributed by atoms with E-state index in [2.05, 4.69) is 72.2 Å². The van der Waals surface area contributed by atoms with Crippen LogP contribution >= 0.6 is 23.2 Å². The van der Waals surface area contributed by atoms with E-state index in [-0.39, 0.29) is 6.17 Å². The summed E-state index contributed by atoms with van der Waals surface area (Å²) >= 11 is 12.7. The zero-order valence-corrected chi connectivity index (χ0v) is 17.0. The standard InChI is InChI=1S/C23H22Cl2N2/c1-16-3-7-21(8-4-16)26-11-12-27(22-9-5-17(2)6-10-22)23(26)18-13-19(24)15-20(25)14-18/h3-10,13-15,23H,11-12H2,1-2H3. The Kier molecular flexibility index (Phi) is 5.03. The summed E-state index contributed by atoms with van der Waals surface area (Å²) in [6.07, 6.45) is 0.0478. The highest BCUT2D eigenvalue weighted by atomic mass is 35.5. The normalized spacial score (nSPS) is 14.8. The number of rotatable bonds is 3. The van der Waals surface area contributed by atoms with E-state index in [4.69, 9.17) is 23.2 Å². The molecular formula is C23H22Cl2N2. The zero-order chi connectivity index (χ0) is 19.0. The molecule has 27 heavy (non-hydrogen) atoms. The monoisotopic (exact) mass is 396 g/mol. The summed E-state index contributed by atoms with van der Waals surface area (Å²) in [6.45, 7) is 6.10. The summed E-state index contributed by atoms with van der Waals surface area (Å²) in [4.78, 5) is 4.84. The van der Waals surface area contributed by atoms with Gasteiger partial charge in [-0.3, -0.25) is 0 Å². The van der Waals surface area contributed by atoms with Crippen LogP contribution < -0.4 is 9.80 Å². The maximum absolute atomic E-state index is 6.34. The van der Waals surface area contributed by atoms with E-state index >= 15 is 0 Å². The van der Waals surface area contributed by atoms with E-state index in [1.165, 1.54) is 22.5 Å². The fourth-order valence-electron chi connectivity index (χ4n) is 3.73. The van der Waals surface area contributed by atoms with Crippen LogP contribution in [0.1, 0.15) is 22.9 Å². The first-order chi connectivity index (χ1) is 13.0. The van der Waals surface area contributed by atoms with Gasteiger partial charge < -0.3 is 9.80 Å². The van der Waals surface area contributed by atoms with Crippen LogP contribution in [0.25, 0.3) is 0 Å². The van der Waals surface area contributed by atoms with Crippen molar-refractivity contribution < 1.29 is 0 Å². The van der Waals surface area contributed by atoms with Crippen molar-refractivity contribution in [1.82, 2.24) is 0 Å². The van der Waals surface area contributed by atoms with E-state index in [1.54, 1.807) is 6.07 Å². The van der Waals surface area contributed by atoms with Gasteiger partial charge in [-0.2, -0.15) is 0 Å². The van der Waals surface area contributed by atoms with Crippen LogP contribution in [0, 0.1) is 13.8 Å². The minimum absolute atomic E-state index is 0.0478. The number of nitrogens with zero attached hydrogens (tertiary/aromatic N) is 2. The second-order valence-electron chi connectivity index (χ2n) is 7.13. The predicted octanol–water partition coefficient (Wildman–Crippen LogP) is 6.64. The van der Waals surface area contributed by atoms with E-state index in [0.717, 1.165) is 18.7 Å². The Balaban J connectivity index is 1.79. The largest absolute Gasteiger partial charge is 0.346 e. The third-order valence-electron chi connectivity index (χ3n) is 5.09. The summed E-state index contributed by atoms with van der Waals surface area (Å²) in [5, 5.41) is 1.33. The lowest BCUT2D eigenvalue weighted by atomic mass is 10.1. The van der Waals surface area contributed by atoms with Crippen molar-refractivity contribution in [3.8, 4) is 0 Å². The van der Waals surface area contributed by atoms with Gasteiger partial charge in [0.2, 0.25) is 0 Å². The van der Waals surface area contributed by atoms with E-state index in [1.807, 2.05) is 12.1 Å². The van der Waals surface area contributed by atoms with Gasteiger partial charge in [0.15, 0.2) is 0 Å². The second kappa shape index (κ2) is 7.46. The van der Waals surface area contributed by atoms with Crippen molar-refractivity contribution in [2.45, 2.75) is 20.0 Å². The smallest absolute Gasteiger partial charge is 0.128 e. The Hall–Kier alpha value is -2.16. The lowest BCUT2D eigenvalue weighted by Gasteiger charge is -2.33. The lowest BCUT2D eigenvalue weighted by molar-refractivity contribution is 0.717. The molecule has 0 saturated carbocycles. The summed E-state index contributed by atoms with van der Waals surface area (Å²) in [5.41, 5.74) is 6.03. The second-order valence-corrected chi connectivity index (χ2v) is 8.01. The Bertz CT molecular complexity index is 862. The molecule has 138 valence electrons. The SMILES string of the molecule is Cc1ccc(N2CCN(c3ccc(C)cc3)C2c2cc(Cl)cc(Cl)c2)cc1. The average Bonchev–Trinajstić information content (AvgIpc) is 3.07. The molecule has 4 heteroatoms. The molecule has 4 rings (SSSR count). The van der Waals surface area contributed by atoms with Gasteiger partial charge in [-0.15, -0.1) is 0 Å². The molecule has 1 aliphatic rings. The van der Waals surface area contributed by atoms with Crippen LogP contribution in [0.4, 0.5) is 11.4 Å². The van der Waals surface area contributed by atoms with Gasteiger partial charge >= 0.3 is 0 Å². The van der Waals surface area contributed by atoms with Gasteiger partial charge in [0.25, 0.3) is 0 Å². The molecule has 3 aromatic carbocycles. The minimum Gasteiger partial charge on any atom is -0.346 e. The molecule has 3 aromatic rings. The molecular weight excluding hydrogens is 375 g/mol. The number of aryl methyl sites for hydroxylation is 2. The number of hydrogen-bond acceptors (Lipinski definition) is 2. The molecule has 2 nitrogen and oxygen atoms in total. The quantitative estimate of drug-likeness (QED) is 0.489. The van der Waals surface area contributed by atoms with Gasteiger partial charge in [0.1, 0.15) is 6.17 Å². The fraction of sp³-hybridized carbons (Fsp3) is 0.217. The van der Waals surface area contributed by atoms with Crippen molar-refractivity contribution in [1.29, 1.82) is 0 Å².